The molecule has 0 amide bonds. The quantitative estimate of drug-likeness (QED) is 0.821. The van der Waals surface area contributed by atoms with Gasteiger partial charge in [0.25, 0.3) is 0 Å². The molecule has 1 heterocycles. The highest BCUT2D eigenvalue weighted by Crippen LogP contribution is 2.41. The lowest BCUT2D eigenvalue weighted by atomic mass is 10.1. The molecule has 14 heteroatoms. The number of anilines is 1. The Balaban J connectivity index is 3.40. The molecule has 0 radical (unpaired) electrons. The summed E-state index contributed by atoms with van der Waals surface area (Å²) in [6.45, 7) is 0. The smallest absolute Gasteiger partial charge is 0.260 e. The van der Waals surface area contributed by atoms with Crippen molar-refractivity contribution in [1.82, 2.24) is 4.98 Å². The van der Waals surface area contributed by atoms with Crippen LogP contribution in [0.5, 0.6) is 0 Å². The Morgan fingerprint density at radius 2 is 1.32 bits per heavy atom. The van der Waals surface area contributed by atoms with Crippen LogP contribution < -0.4 is 4.72 Å². The predicted molar refractivity (Wildman–Crippen MR) is 52.8 cm³/mol. The predicted octanol–water partition coefficient (Wildman–Crippen LogP) is 3.38. The molecule has 4 nitrogen and oxygen atoms in total. The monoisotopic (exact) mass is 362 g/mol. The molecule has 1 N–H and O–H groups in total. The second kappa shape index (κ2) is 5.17. The molecule has 1 rings (SSSR count). The third kappa shape index (κ3) is 3.92. The van der Waals surface area contributed by atoms with Crippen molar-refractivity contribution in [2.75, 3.05) is 4.72 Å². The number of hydrogen-bond acceptors (Lipinski definition) is 3. The number of nitrogens with zero attached hydrogens (tertiary/aromatic N) is 1. The number of pyridine rings is 1. The first-order valence-corrected chi connectivity index (χ1v) is 6.27. The summed E-state index contributed by atoms with van der Waals surface area (Å²) in [7, 11) is -6.12. The van der Waals surface area contributed by atoms with Crippen molar-refractivity contribution in [2.45, 2.75) is 17.9 Å². The van der Waals surface area contributed by atoms with Gasteiger partial charge in [-0.1, -0.05) is 0 Å². The van der Waals surface area contributed by atoms with E-state index in [4.69, 9.17) is 0 Å². The Labute approximate surface area is 116 Å². The van der Waals surface area contributed by atoms with Crippen LogP contribution in [-0.2, 0) is 22.4 Å². The van der Waals surface area contributed by atoms with E-state index in [2.05, 4.69) is 4.98 Å². The number of sulfonamides is 1. The van der Waals surface area contributed by atoms with Crippen LogP contribution in [0.25, 0.3) is 0 Å². The first-order chi connectivity index (χ1) is 9.56. The van der Waals surface area contributed by atoms with E-state index in [1.54, 1.807) is 0 Å². The molecule has 0 saturated heterocycles. The Bertz CT molecular complexity index is 660. The van der Waals surface area contributed by atoms with Gasteiger partial charge in [-0.15, -0.1) is 0 Å². The fourth-order valence-electron chi connectivity index (χ4n) is 1.17. The summed E-state index contributed by atoms with van der Waals surface area (Å²) in [6.07, 6.45) is -11.5. The summed E-state index contributed by atoms with van der Waals surface area (Å²) in [5.41, 5.74) is -10.5. The molecule has 0 aliphatic heterocycles. The van der Waals surface area contributed by atoms with Gasteiger partial charge in [0.2, 0.25) is 0 Å². The van der Waals surface area contributed by atoms with Crippen molar-refractivity contribution in [3.63, 3.8) is 0 Å². The van der Waals surface area contributed by atoms with Crippen molar-refractivity contribution >= 4 is 15.8 Å². The highest BCUT2D eigenvalue weighted by atomic mass is 32.2. The van der Waals surface area contributed by atoms with Crippen molar-refractivity contribution in [2.24, 2.45) is 0 Å². The van der Waals surface area contributed by atoms with E-state index in [1.165, 1.54) is 0 Å². The van der Waals surface area contributed by atoms with Gasteiger partial charge in [-0.2, -0.15) is 47.9 Å². The third-order valence-corrected chi connectivity index (χ3v) is 3.15. The fraction of sp³-hybridized carbons (Fsp3) is 0.375. The second-order valence-electron chi connectivity index (χ2n) is 3.66. The van der Waals surface area contributed by atoms with Gasteiger partial charge in [0, 0.05) is 6.20 Å². The van der Waals surface area contributed by atoms with E-state index in [0.717, 1.165) is 0 Å². The highest BCUT2D eigenvalue weighted by molar-refractivity contribution is 7.93. The minimum atomic E-state index is -6.12. The lowest BCUT2D eigenvalue weighted by molar-refractivity contribution is -0.162. The molecule has 0 unspecified atom stereocenters. The van der Waals surface area contributed by atoms with E-state index in [0.29, 0.717) is 4.72 Å². The molecule has 22 heavy (non-hydrogen) atoms. The fourth-order valence-corrected chi connectivity index (χ4v) is 1.67. The molecular formula is C8H3F9N2O2S. The number of alkyl halides is 9. The molecule has 0 fully saturated rings. The van der Waals surface area contributed by atoms with Crippen LogP contribution in [0.15, 0.2) is 12.3 Å². The van der Waals surface area contributed by atoms with Crippen LogP contribution in [0, 0.1) is 0 Å². The van der Waals surface area contributed by atoms with Crippen molar-refractivity contribution in [1.29, 1.82) is 0 Å². The zero-order chi connectivity index (χ0) is 17.6. The maximum absolute atomic E-state index is 12.5. The highest BCUT2D eigenvalue weighted by Gasteiger charge is 2.47. The van der Waals surface area contributed by atoms with Crippen LogP contribution in [0.4, 0.5) is 45.3 Å². The topological polar surface area (TPSA) is 59.1 Å². The van der Waals surface area contributed by atoms with E-state index < -0.39 is 57.1 Å². The van der Waals surface area contributed by atoms with E-state index in [-0.39, 0.29) is 0 Å². The van der Waals surface area contributed by atoms with E-state index in [1.807, 2.05) is 0 Å². The van der Waals surface area contributed by atoms with Crippen molar-refractivity contribution < 1.29 is 47.9 Å². The number of halogens is 9. The average Bonchev–Trinajstić information content (AvgIpc) is 2.23. The molecule has 0 aliphatic rings. The maximum atomic E-state index is 12.5. The Morgan fingerprint density at radius 1 is 0.864 bits per heavy atom. The van der Waals surface area contributed by atoms with Crippen LogP contribution in [-0.4, -0.2) is 18.9 Å². The largest absolute Gasteiger partial charge is 0.516 e. The van der Waals surface area contributed by atoms with Crippen LogP contribution in [0.3, 0.4) is 0 Å². The van der Waals surface area contributed by atoms with Crippen LogP contribution >= 0.6 is 0 Å². The third-order valence-electron chi connectivity index (χ3n) is 2.06. The Morgan fingerprint density at radius 3 is 1.68 bits per heavy atom. The molecule has 0 saturated carbocycles. The summed E-state index contributed by atoms with van der Waals surface area (Å²) >= 11 is 0. The van der Waals surface area contributed by atoms with Gasteiger partial charge in [-0.05, 0) is 6.07 Å². The zero-order valence-corrected chi connectivity index (χ0v) is 10.5. The number of rotatable bonds is 2. The molecule has 1 aromatic heterocycles. The number of hydrogen-bond donors (Lipinski definition) is 1. The minimum Gasteiger partial charge on any atom is -0.260 e. The van der Waals surface area contributed by atoms with Crippen molar-refractivity contribution in [3.05, 3.63) is 23.4 Å². The molecule has 0 aromatic carbocycles. The summed E-state index contributed by atoms with van der Waals surface area (Å²) in [6, 6.07) is -0.480. The van der Waals surface area contributed by atoms with E-state index in [9.17, 15) is 47.9 Å². The van der Waals surface area contributed by atoms with Crippen LogP contribution in [0.2, 0.25) is 0 Å². The van der Waals surface area contributed by atoms with Gasteiger partial charge in [0.1, 0.15) is 5.82 Å². The van der Waals surface area contributed by atoms with Gasteiger partial charge in [-0.25, -0.2) is 4.98 Å². The minimum absolute atomic E-state index is 0.420. The molecule has 0 aliphatic carbocycles. The zero-order valence-electron chi connectivity index (χ0n) is 9.73. The number of nitrogens with one attached hydrogen (secondary N) is 1. The summed E-state index contributed by atoms with van der Waals surface area (Å²) in [5.74, 6) is -1.56. The van der Waals surface area contributed by atoms with Gasteiger partial charge in [0.15, 0.2) is 0 Å². The summed E-state index contributed by atoms with van der Waals surface area (Å²) in [5, 5.41) is 0. The molecule has 0 bridgehead atoms. The lowest BCUT2D eigenvalue weighted by Crippen LogP contribution is -2.30. The first-order valence-electron chi connectivity index (χ1n) is 4.79. The molecule has 0 spiro atoms. The first kappa shape index (κ1) is 18.3. The average molecular weight is 362 g/mol. The molecule has 1 aromatic rings. The second-order valence-corrected chi connectivity index (χ2v) is 5.34. The maximum Gasteiger partial charge on any atom is 0.516 e. The summed E-state index contributed by atoms with van der Waals surface area (Å²) in [4.78, 5) is 2.61. The van der Waals surface area contributed by atoms with E-state index >= 15 is 0 Å². The summed E-state index contributed by atoms with van der Waals surface area (Å²) < 4.78 is 133. The van der Waals surface area contributed by atoms with Crippen molar-refractivity contribution in [3.8, 4) is 0 Å². The Kier molecular flexibility index (Phi) is 4.31. The van der Waals surface area contributed by atoms with Gasteiger partial charge < -0.3 is 0 Å². The molecule has 0 atom stereocenters. The lowest BCUT2D eigenvalue weighted by Gasteiger charge is -2.16. The van der Waals surface area contributed by atoms with Gasteiger partial charge >= 0.3 is 27.9 Å². The molecule has 126 valence electrons. The van der Waals surface area contributed by atoms with Gasteiger partial charge in [-0.3, -0.25) is 4.72 Å². The van der Waals surface area contributed by atoms with Gasteiger partial charge in [0.05, 0.1) is 11.1 Å². The standard InChI is InChI=1S/C8H3F9N2O2S/c9-6(10,11)3-1-5(18-2-4(3)7(12,13)14)19-22(20,21)8(15,16)17/h1-2H,(H,18,19). The normalized spacial score (nSPS) is 14.0. The molecular weight excluding hydrogens is 359 g/mol. The SMILES string of the molecule is O=S(=O)(Nc1cc(C(F)(F)F)c(C(F)(F)F)cn1)C(F)(F)F. The Hall–Kier alpha value is -1.73. The number of aromatic nitrogens is 1. The van der Waals surface area contributed by atoms with Crippen LogP contribution in [0.1, 0.15) is 11.1 Å².